The number of carboxylic acids is 1. The molecular formula is C20H25N3O3. The van der Waals surface area contributed by atoms with Gasteiger partial charge in [0.05, 0.1) is 11.0 Å². The molecule has 26 heavy (non-hydrogen) atoms. The van der Waals surface area contributed by atoms with Crippen LogP contribution in [-0.2, 0) is 0 Å². The molecule has 2 aromatic rings. The Hall–Kier alpha value is -2.21. The molecule has 1 aromatic carbocycles. The summed E-state index contributed by atoms with van der Waals surface area (Å²) < 4.78 is 1.68. The molecule has 2 aliphatic rings. The Morgan fingerprint density at radius 2 is 1.69 bits per heavy atom. The number of aromatic nitrogens is 2. The van der Waals surface area contributed by atoms with Gasteiger partial charge in [0.2, 0.25) is 5.69 Å². The van der Waals surface area contributed by atoms with E-state index in [1.807, 2.05) is 18.2 Å². The molecule has 0 radical (unpaired) electrons. The van der Waals surface area contributed by atoms with Crippen molar-refractivity contribution in [1.82, 2.24) is 14.5 Å². The molecule has 1 saturated carbocycles. The molecule has 4 rings (SSSR count). The highest BCUT2D eigenvalue weighted by Crippen LogP contribution is 2.30. The van der Waals surface area contributed by atoms with E-state index >= 15 is 0 Å². The third kappa shape index (κ3) is 3.14. The first kappa shape index (κ1) is 17.2. The first-order chi connectivity index (χ1) is 12.6. The lowest BCUT2D eigenvalue weighted by Crippen LogP contribution is -2.44. The van der Waals surface area contributed by atoms with E-state index in [1.54, 1.807) is 10.6 Å². The third-order valence-electron chi connectivity index (χ3n) is 5.95. The molecule has 2 fully saturated rings. The van der Waals surface area contributed by atoms with Crippen molar-refractivity contribution in [1.29, 1.82) is 0 Å². The van der Waals surface area contributed by atoms with E-state index in [2.05, 4.69) is 9.88 Å². The molecule has 0 unspecified atom stereocenters. The van der Waals surface area contributed by atoms with Gasteiger partial charge >= 0.3 is 5.97 Å². The van der Waals surface area contributed by atoms with Crippen LogP contribution in [0.25, 0.3) is 11.0 Å². The van der Waals surface area contributed by atoms with Crippen molar-refractivity contribution >= 4 is 17.0 Å². The molecule has 6 nitrogen and oxygen atoms in total. The van der Waals surface area contributed by atoms with Crippen molar-refractivity contribution in [3.8, 4) is 0 Å². The lowest BCUT2D eigenvalue weighted by Gasteiger charge is -2.40. The van der Waals surface area contributed by atoms with Gasteiger partial charge in [0.25, 0.3) is 5.56 Å². The van der Waals surface area contributed by atoms with Crippen LogP contribution in [0.5, 0.6) is 0 Å². The molecule has 0 atom stereocenters. The van der Waals surface area contributed by atoms with E-state index in [1.165, 1.54) is 32.1 Å². The second kappa shape index (κ2) is 7.19. The molecule has 1 N–H and O–H groups in total. The lowest BCUT2D eigenvalue weighted by atomic mass is 9.92. The summed E-state index contributed by atoms with van der Waals surface area (Å²) in [5.74, 6) is -1.26. The minimum absolute atomic E-state index is 0.0355. The maximum Gasteiger partial charge on any atom is 0.360 e. The number of carbonyl (C=O) groups is 1. The Bertz CT molecular complexity index is 862. The van der Waals surface area contributed by atoms with Gasteiger partial charge in [-0.3, -0.25) is 4.79 Å². The first-order valence-electron chi connectivity index (χ1n) is 9.64. The molecule has 0 bridgehead atoms. The number of piperidine rings is 1. The van der Waals surface area contributed by atoms with Crippen molar-refractivity contribution < 1.29 is 9.90 Å². The van der Waals surface area contributed by atoms with Gasteiger partial charge in [-0.15, -0.1) is 0 Å². The number of hydrogen-bond acceptors (Lipinski definition) is 4. The number of nitrogens with zero attached hydrogens (tertiary/aromatic N) is 3. The molecule has 2 heterocycles. The van der Waals surface area contributed by atoms with E-state index in [0.29, 0.717) is 11.6 Å². The number of aromatic carboxylic acids is 1. The van der Waals surface area contributed by atoms with Crippen molar-refractivity contribution in [3.63, 3.8) is 0 Å². The number of likely N-dealkylation sites (tertiary alicyclic amines) is 1. The minimum atomic E-state index is -1.26. The van der Waals surface area contributed by atoms with E-state index in [0.717, 1.165) is 31.4 Å². The van der Waals surface area contributed by atoms with Crippen LogP contribution in [0, 0.1) is 0 Å². The SMILES string of the molecule is O=C(O)c1nc2ccccc2n(C2CCN(C3CCCCC3)CC2)c1=O. The zero-order valence-electron chi connectivity index (χ0n) is 14.9. The molecule has 1 aliphatic carbocycles. The van der Waals surface area contributed by atoms with E-state index in [4.69, 9.17) is 0 Å². The smallest absolute Gasteiger partial charge is 0.360 e. The fraction of sp³-hybridized carbons (Fsp3) is 0.550. The fourth-order valence-electron chi connectivity index (χ4n) is 4.61. The van der Waals surface area contributed by atoms with E-state index in [-0.39, 0.29) is 11.7 Å². The van der Waals surface area contributed by atoms with Gasteiger partial charge in [0, 0.05) is 25.2 Å². The minimum Gasteiger partial charge on any atom is -0.476 e. The van der Waals surface area contributed by atoms with Crippen molar-refractivity contribution in [2.24, 2.45) is 0 Å². The van der Waals surface area contributed by atoms with Crippen molar-refractivity contribution in [2.45, 2.75) is 57.0 Å². The van der Waals surface area contributed by atoms with Gasteiger partial charge < -0.3 is 14.6 Å². The predicted octanol–water partition coefficient (Wildman–Crippen LogP) is 3.06. The van der Waals surface area contributed by atoms with E-state index < -0.39 is 11.5 Å². The number of fused-ring (bicyclic) bond motifs is 1. The molecular weight excluding hydrogens is 330 g/mol. The first-order valence-corrected chi connectivity index (χ1v) is 9.64. The van der Waals surface area contributed by atoms with Crippen LogP contribution in [0.15, 0.2) is 29.1 Å². The van der Waals surface area contributed by atoms with Gasteiger partial charge in [0.15, 0.2) is 0 Å². The normalized spacial score (nSPS) is 20.5. The summed E-state index contributed by atoms with van der Waals surface area (Å²) >= 11 is 0. The Labute approximate surface area is 152 Å². The van der Waals surface area contributed by atoms with Crippen LogP contribution in [0.4, 0.5) is 0 Å². The Balaban J connectivity index is 1.64. The quantitative estimate of drug-likeness (QED) is 0.916. The largest absolute Gasteiger partial charge is 0.476 e. The predicted molar refractivity (Wildman–Crippen MR) is 99.7 cm³/mol. The van der Waals surface area contributed by atoms with Crippen molar-refractivity contribution in [2.75, 3.05) is 13.1 Å². The highest BCUT2D eigenvalue weighted by atomic mass is 16.4. The van der Waals surface area contributed by atoms with Crippen LogP contribution in [0.2, 0.25) is 0 Å². The number of hydrogen-bond donors (Lipinski definition) is 1. The van der Waals surface area contributed by atoms with Crippen molar-refractivity contribution in [3.05, 3.63) is 40.3 Å². The van der Waals surface area contributed by atoms with Crippen LogP contribution in [-0.4, -0.2) is 44.7 Å². The Morgan fingerprint density at radius 1 is 1.00 bits per heavy atom. The second-order valence-corrected chi connectivity index (χ2v) is 7.49. The van der Waals surface area contributed by atoms with Crippen LogP contribution in [0.1, 0.15) is 61.5 Å². The maximum atomic E-state index is 12.8. The standard InChI is InChI=1S/C20H25N3O3/c24-19-18(20(25)26)21-16-8-4-5-9-17(16)23(19)15-10-12-22(13-11-15)14-6-2-1-3-7-14/h4-5,8-9,14-15H,1-3,6-7,10-13H2,(H,25,26). The number of benzene rings is 1. The van der Waals surface area contributed by atoms with Crippen LogP contribution >= 0.6 is 0 Å². The summed E-state index contributed by atoms with van der Waals surface area (Å²) in [6.45, 7) is 1.95. The monoisotopic (exact) mass is 355 g/mol. The molecule has 1 saturated heterocycles. The number of para-hydroxylation sites is 2. The zero-order chi connectivity index (χ0) is 18.1. The summed E-state index contributed by atoms with van der Waals surface area (Å²) in [7, 11) is 0. The Kier molecular flexibility index (Phi) is 4.76. The highest BCUT2D eigenvalue weighted by Gasteiger charge is 2.29. The average molecular weight is 355 g/mol. The second-order valence-electron chi connectivity index (χ2n) is 7.49. The lowest BCUT2D eigenvalue weighted by molar-refractivity contribution is 0.0687. The summed E-state index contributed by atoms with van der Waals surface area (Å²) in [5, 5.41) is 9.38. The Morgan fingerprint density at radius 3 is 2.38 bits per heavy atom. The van der Waals surface area contributed by atoms with Gasteiger partial charge in [-0.2, -0.15) is 0 Å². The zero-order valence-corrected chi connectivity index (χ0v) is 14.9. The van der Waals surface area contributed by atoms with Gasteiger partial charge in [-0.1, -0.05) is 31.4 Å². The van der Waals surface area contributed by atoms with Gasteiger partial charge in [0.1, 0.15) is 0 Å². The fourth-order valence-corrected chi connectivity index (χ4v) is 4.61. The average Bonchev–Trinajstić information content (AvgIpc) is 2.68. The molecule has 1 aromatic heterocycles. The van der Waals surface area contributed by atoms with Gasteiger partial charge in [-0.25, -0.2) is 9.78 Å². The number of carboxylic acid groups (broad SMARTS) is 1. The van der Waals surface area contributed by atoms with Gasteiger partial charge in [-0.05, 0) is 37.8 Å². The summed E-state index contributed by atoms with van der Waals surface area (Å²) in [6, 6.07) is 8.05. The van der Waals surface area contributed by atoms with E-state index in [9.17, 15) is 14.7 Å². The summed E-state index contributed by atoms with van der Waals surface area (Å²) in [6.07, 6.45) is 8.32. The number of rotatable bonds is 3. The molecule has 0 amide bonds. The molecule has 138 valence electrons. The molecule has 0 spiro atoms. The highest BCUT2D eigenvalue weighted by molar-refractivity contribution is 5.88. The summed E-state index contributed by atoms with van der Waals surface area (Å²) in [4.78, 5) is 30.9. The third-order valence-corrected chi connectivity index (χ3v) is 5.95. The molecule has 1 aliphatic heterocycles. The van der Waals surface area contributed by atoms with Crippen LogP contribution < -0.4 is 5.56 Å². The topological polar surface area (TPSA) is 75.4 Å². The summed E-state index contributed by atoms with van der Waals surface area (Å²) in [5.41, 5.74) is 0.448. The molecule has 6 heteroatoms. The maximum absolute atomic E-state index is 12.8. The van der Waals surface area contributed by atoms with Crippen LogP contribution in [0.3, 0.4) is 0 Å².